The van der Waals surface area contributed by atoms with Gasteiger partial charge < -0.3 is 15.0 Å². The Hall–Kier alpha value is -3.15. The van der Waals surface area contributed by atoms with Gasteiger partial charge in [0, 0.05) is 36.3 Å². The molecule has 0 saturated heterocycles. The molecule has 2 N–H and O–H groups in total. The molecule has 2 heterocycles. The average Bonchev–Trinajstić information content (AvgIpc) is 3.15. The van der Waals surface area contributed by atoms with Crippen molar-refractivity contribution in [1.82, 2.24) is 20.3 Å². The fraction of sp³-hybridized carbons (Fsp3) is 0.167. The predicted molar refractivity (Wildman–Crippen MR) is 90.6 cm³/mol. The SMILES string of the molecule is CCOc1ncccc1CNC(=O)c1ccccc1-c1ncc[nH]1. The van der Waals surface area contributed by atoms with Crippen molar-refractivity contribution in [2.45, 2.75) is 13.5 Å². The first-order valence-electron chi connectivity index (χ1n) is 7.73. The van der Waals surface area contributed by atoms with Crippen LogP contribution in [0.1, 0.15) is 22.8 Å². The molecule has 2 aromatic heterocycles. The smallest absolute Gasteiger partial charge is 0.252 e. The fourth-order valence-corrected chi connectivity index (χ4v) is 2.40. The summed E-state index contributed by atoms with van der Waals surface area (Å²) in [5, 5.41) is 2.92. The Morgan fingerprint density at radius 3 is 2.83 bits per heavy atom. The lowest BCUT2D eigenvalue weighted by molar-refractivity contribution is 0.0951. The largest absolute Gasteiger partial charge is 0.478 e. The molecule has 0 unspecified atom stereocenters. The highest BCUT2D eigenvalue weighted by atomic mass is 16.5. The first-order chi connectivity index (χ1) is 11.8. The van der Waals surface area contributed by atoms with E-state index in [4.69, 9.17) is 4.74 Å². The number of benzene rings is 1. The van der Waals surface area contributed by atoms with E-state index in [9.17, 15) is 4.79 Å². The lowest BCUT2D eigenvalue weighted by Gasteiger charge is -2.11. The normalized spacial score (nSPS) is 10.4. The van der Waals surface area contributed by atoms with Crippen LogP contribution in [0.2, 0.25) is 0 Å². The number of ether oxygens (including phenoxy) is 1. The number of aromatic amines is 1. The van der Waals surface area contributed by atoms with Gasteiger partial charge in [0.15, 0.2) is 0 Å². The third-order valence-corrected chi connectivity index (χ3v) is 3.50. The number of amides is 1. The number of carbonyl (C=O) groups is 1. The van der Waals surface area contributed by atoms with Crippen molar-refractivity contribution in [3.05, 3.63) is 66.1 Å². The molecular formula is C18H18N4O2. The van der Waals surface area contributed by atoms with E-state index in [1.807, 2.05) is 37.3 Å². The Bertz CT molecular complexity index is 815. The summed E-state index contributed by atoms with van der Waals surface area (Å²) in [4.78, 5) is 24.0. The Morgan fingerprint density at radius 2 is 2.04 bits per heavy atom. The van der Waals surface area contributed by atoms with Crippen molar-refractivity contribution in [1.29, 1.82) is 0 Å². The predicted octanol–water partition coefficient (Wildman–Crippen LogP) is 2.80. The summed E-state index contributed by atoms with van der Waals surface area (Å²) in [6, 6.07) is 11.1. The van der Waals surface area contributed by atoms with E-state index in [0.717, 1.165) is 11.1 Å². The fourth-order valence-electron chi connectivity index (χ4n) is 2.40. The summed E-state index contributed by atoms with van der Waals surface area (Å²) in [5.74, 6) is 1.03. The first-order valence-corrected chi connectivity index (χ1v) is 7.73. The number of rotatable bonds is 6. The van der Waals surface area contributed by atoms with Crippen molar-refractivity contribution in [2.24, 2.45) is 0 Å². The Balaban J connectivity index is 1.77. The van der Waals surface area contributed by atoms with Gasteiger partial charge in [-0.3, -0.25) is 4.79 Å². The van der Waals surface area contributed by atoms with Crippen molar-refractivity contribution in [3.8, 4) is 17.3 Å². The second-order valence-electron chi connectivity index (χ2n) is 5.07. The Labute approximate surface area is 139 Å². The maximum atomic E-state index is 12.6. The molecule has 0 aliphatic heterocycles. The number of hydrogen-bond acceptors (Lipinski definition) is 4. The number of H-pyrrole nitrogens is 1. The monoisotopic (exact) mass is 322 g/mol. The maximum absolute atomic E-state index is 12.6. The minimum atomic E-state index is -0.173. The van der Waals surface area contributed by atoms with Crippen LogP contribution in [0.15, 0.2) is 55.0 Å². The van der Waals surface area contributed by atoms with Gasteiger partial charge in [-0.2, -0.15) is 0 Å². The second kappa shape index (κ2) is 7.41. The molecule has 0 fully saturated rings. The molecule has 1 amide bonds. The lowest BCUT2D eigenvalue weighted by atomic mass is 10.1. The van der Waals surface area contributed by atoms with Gasteiger partial charge in [0.05, 0.1) is 12.2 Å². The van der Waals surface area contributed by atoms with Gasteiger partial charge in [0.2, 0.25) is 5.88 Å². The zero-order valence-corrected chi connectivity index (χ0v) is 13.3. The van der Waals surface area contributed by atoms with Crippen molar-refractivity contribution in [2.75, 3.05) is 6.61 Å². The molecule has 0 spiro atoms. The van der Waals surface area contributed by atoms with E-state index in [1.165, 1.54) is 0 Å². The number of imidazole rings is 1. The number of carbonyl (C=O) groups excluding carboxylic acids is 1. The van der Waals surface area contributed by atoms with Crippen LogP contribution in [-0.4, -0.2) is 27.5 Å². The summed E-state index contributed by atoms with van der Waals surface area (Å²) < 4.78 is 5.48. The highest BCUT2D eigenvalue weighted by Gasteiger charge is 2.14. The third-order valence-electron chi connectivity index (χ3n) is 3.50. The molecular weight excluding hydrogens is 304 g/mol. The highest BCUT2D eigenvalue weighted by molar-refractivity contribution is 6.00. The molecule has 0 radical (unpaired) electrons. The van der Waals surface area contributed by atoms with Crippen LogP contribution in [0, 0.1) is 0 Å². The van der Waals surface area contributed by atoms with Gasteiger partial charge in [0.1, 0.15) is 5.82 Å². The van der Waals surface area contributed by atoms with Gasteiger partial charge in [0.25, 0.3) is 5.91 Å². The van der Waals surface area contributed by atoms with E-state index in [-0.39, 0.29) is 5.91 Å². The Morgan fingerprint density at radius 1 is 1.17 bits per heavy atom. The molecule has 24 heavy (non-hydrogen) atoms. The highest BCUT2D eigenvalue weighted by Crippen LogP contribution is 2.20. The zero-order valence-electron chi connectivity index (χ0n) is 13.3. The van der Waals surface area contributed by atoms with Gasteiger partial charge in [-0.05, 0) is 19.1 Å². The van der Waals surface area contributed by atoms with E-state index in [0.29, 0.717) is 30.4 Å². The van der Waals surface area contributed by atoms with E-state index in [2.05, 4.69) is 20.3 Å². The molecule has 1 aromatic carbocycles. The molecule has 3 aromatic rings. The van der Waals surface area contributed by atoms with Crippen LogP contribution in [0.4, 0.5) is 0 Å². The number of aromatic nitrogens is 3. The second-order valence-corrected chi connectivity index (χ2v) is 5.07. The van der Waals surface area contributed by atoms with Crippen molar-refractivity contribution in [3.63, 3.8) is 0 Å². The quantitative estimate of drug-likeness (QED) is 0.731. The van der Waals surface area contributed by atoms with E-state index < -0.39 is 0 Å². The van der Waals surface area contributed by atoms with Gasteiger partial charge in [-0.1, -0.05) is 24.3 Å². The van der Waals surface area contributed by atoms with Crippen molar-refractivity contribution >= 4 is 5.91 Å². The van der Waals surface area contributed by atoms with Crippen LogP contribution in [-0.2, 0) is 6.54 Å². The van der Waals surface area contributed by atoms with Crippen LogP contribution >= 0.6 is 0 Å². The summed E-state index contributed by atoms with van der Waals surface area (Å²) in [5.41, 5.74) is 2.16. The maximum Gasteiger partial charge on any atom is 0.252 e. The third kappa shape index (κ3) is 3.43. The molecule has 122 valence electrons. The average molecular weight is 322 g/mol. The number of pyridine rings is 1. The molecule has 0 aliphatic rings. The molecule has 0 aliphatic carbocycles. The Kier molecular flexibility index (Phi) is 4.86. The zero-order chi connectivity index (χ0) is 16.8. The summed E-state index contributed by atoms with van der Waals surface area (Å²) in [7, 11) is 0. The summed E-state index contributed by atoms with van der Waals surface area (Å²) >= 11 is 0. The first kappa shape index (κ1) is 15.7. The number of nitrogens with zero attached hydrogens (tertiary/aromatic N) is 2. The minimum absolute atomic E-state index is 0.173. The lowest BCUT2D eigenvalue weighted by Crippen LogP contribution is -2.24. The van der Waals surface area contributed by atoms with Crippen LogP contribution < -0.4 is 10.1 Å². The molecule has 6 nitrogen and oxygen atoms in total. The molecule has 0 atom stereocenters. The summed E-state index contributed by atoms with van der Waals surface area (Å²) in [6.07, 6.45) is 5.06. The van der Waals surface area contributed by atoms with E-state index >= 15 is 0 Å². The standard InChI is InChI=1S/C18H18N4O2/c1-2-24-18-13(6-5-9-21-18)12-22-17(23)15-8-4-3-7-14(15)16-19-10-11-20-16/h3-11H,2,12H2,1H3,(H,19,20)(H,22,23). The van der Waals surface area contributed by atoms with Gasteiger partial charge in [-0.25, -0.2) is 9.97 Å². The molecule has 3 rings (SSSR count). The summed E-state index contributed by atoms with van der Waals surface area (Å²) in [6.45, 7) is 2.77. The van der Waals surface area contributed by atoms with Gasteiger partial charge in [-0.15, -0.1) is 0 Å². The van der Waals surface area contributed by atoms with Gasteiger partial charge >= 0.3 is 0 Å². The van der Waals surface area contributed by atoms with Crippen LogP contribution in [0.3, 0.4) is 0 Å². The molecule has 0 saturated carbocycles. The molecule has 0 bridgehead atoms. The van der Waals surface area contributed by atoms with E-state index in [1.54, 1.807) is 24.7 Å². The molecule has 6 heteroatoms. The number of nitrogens with one attached hydrogen (secondary N) is 2. The topological polar surface area (TPSA) is 79.9 Å². The van der Waals surface area contributed by atoms with Crippen LogP contribution in [0.25, 0.3) is 11.4 Å². The minimum Gasteiger partial charge on any atom is -0.478 e. The van der Waals surface area contributed by atoms with Crippen molar-refractivity contribution < 1.29 is 9.53 Å². The number of hydrogen-bond donors (Lipinski definition) is 2. The van der Waals surface area contributed by atoms with Crippen LogP contribution in [0.5, 0.6) is 5.88 Å².